The molecule has 0 fully saturated rings. The van der Waals surface area contributed by atoms with Gasteiger partial charge in [0.25, 0.3) is 9.05 Å². The van der Waals surface area contributed by atoms with E-state index in [-0.39, 0.29) is 6.54 Å². The zero-order chi connectivity index (χ0) is 13.3. The molecule has 0 radical (unpaired) electrons. The summed E-state index contributed by atoms with van der Waals surface area (Å²) in [6, 6.07) is 2.34. The van der Waals surface area contributed by atoms with E-state index < -0.39 is 34.7 Å². The summed E-state index contributed by atoms with van der Waals surface area (Å²) in [5.41, 5.74) is 0. The summed E-state index contributed by atoms with van der Waals surface area (Å²) in [5.74, 6) is -1.17. The summed E-state index contributed by atoms with van der Waals surface area (Å²) in [4.78, 5) is -1.12. The summed E-state index contributed by atoms with van der Waals surface area (Å²) in [6.45, 7) is 1.63. The van der Waals surface area contributed by atoms with Gasteiger partial charge in [-0.2, -0.15) is 0 Å². The normalized spacial score (nSPS) is 12.6. The van der Waals surface area contributed by atoms with Crippen molar-refractivity contribution in [2.45, 2.75) is 16.7 Å². The molecule has 9 heteroatoms. The van der Waals surface area contributed by atoms with Gasteiger partial charge in [0, 0.05) is 17.2 Å². The lowest BCUT2D eigenvalue weighted by atomic mass is 10.3. The fourth-order valence-corrected chi connectivity index (χ4v) is 2.98. The molecule has 0 saturated carbocycles. The second-order valence-corrected chi connectivity index (χ2v) is 7.33. The van der Waals surface area contributed by atoms with E-state index >= 15 is 0 Å². The van der Waals surface area contributed by atoms with E-state index in [4.69, 9.17) is 10.7 Å². The van der Waals surface area contributed by atoms with Crippen molar-refractivity contribution in [2.75, 3.05) is 6.54 Å². The molecular weight excluding hydrogens is 293 g/mol. The van der Waals surface area contributed by atoms with Gasteiger partial charge in [0.15, 0.2) is 0 Å². The van der Waals surface area contributed by atoms with Crippen LogP contribution in [0.1, 0.15) is 6.92 Å². The topological polar surface area (TPSA) is 80.3 Å². The van der Waals surface area contributed by atoms with Gasteiger partial charge in [0.05, 0.1) is 4.90 Å². The number of rotatable bonds is 4. The summed E-state index contributed by atoms with van der Waals surface area (Å²) >= 11 is 0. The van der Waals surface area contributed by atoms with Crippen LogP contribution in [0.5, 0.6) is 0 Å². The maximum absolute atomic E-state index is 13.5. The van der Waals surface area contributed by atoms with Gasteiger partial charge in [-0.05, 0) is 18.2 Å². The molecule has 0 aliphatic carbocycles. The van der Waals surface area contributed by atoms with Crippen molar-refractivity contribution in [1.82, 2.24) is 4.72 Å². The van der Waals surface area contributed by atoms with Crippen molar-refractivity contribution in [3.63, 3.8) is 0 Å². The van der Waals surface area contributed by atoms with Gasteiger partial charge < -0.3 is 0 Å². The van der Waals surface area contributed by atoms with Crippen molar-refractivity contribution >= 4 is 29.8 Å². The van der Waals surface area contributed by atoms with Gasteiger partial charge in [-0.3, -0.25) is 0 Å². The first kappa shape index (κ1) is 14.4. The largest absolute Gasteiger partial charge is 0.261 e. The van der Waals surface area contributed by atoms with E-state index in [1.165, 1.54) is 6.92 Å². The third-order valence-electron chi connectivity index (χ3n) is 1.81. The molecule has 1 rings (SSSR count). The highest BCUT2D eigenvalue weighted by Gasteiger charge is 2.20. The van der Waals surface area contributed by atoms with Gasteiger partial charge in [-0.15, -0.1) is 0 Å². The minimum atomic E-state index is -4.08. The average molecular weight is 302 g/mol. The molecule has 0 aromatic heterocycles. The van der Waals surface area contributed by atoms with E-state index in [1.54, 1.807) is 0 Å². The number of hydrogen-bond donors (Lipinski definition) is 1. The Kier molecular flexibility index (Phi) is 4.13. The Labute approximate surface area is 103 Å². The molecule has 0 aliphatic heterocycles. The van der Waals surface area contributed by atoms with Crippen LogP contribution in [0.4, 0.5) is 4.39 Å². The van der Waals surface area contributed by atoms with Gasteiger partial charge >= 0.3 is 0 Å². The Bertz CT molecular complexity index is 627. The maximum Gasteiger partial charge on any atom is 0.261 e. The van der Waals surface area contributed by atoms with Crippen molar-refractivity contribution in [1.29, 1.82) is 0 Å². The van der Waals surface area contributed by atoms with Crippen LogP contribution in [0.15, 0.2) is 28.0 Å². The number of sulfonamides is 1. The summed E-state index contributed by atoms with van der Waals surface area (Å²) < 4.78 is 60.3. The summed E-state index contributed by atoms with van der Waals surface area (Å²) in [5, 5.41) is 0. The zero-order valence-electron chi connectivity index (χ0n) is 8.64. The fraction of sp³-hybridized carbons (Fsp3) is 0.250. The first-order chi connectivity index (χ1) is 7.68. The lowest BCUT2D eigenvalue weighted by Crippen LogP contribution is -2.24. The Morgan fingerprint density at radius 3 is 2.29 bits per heavy atom. The molecule has 5 nitrogen and oxygen atoms in total. The van der Waals surface area contributed by atoms with Crippen LogP contribution in [0.25, 0.3) is 0 Å². The number of halogens is 2. The van der Waals surface area contributed by atoms with Crippen LogP contribution in [-0.2, 0) is 19.1 Å². The number of nitrogens with one attached hydrogen (secondary N) is 1. The molecule has 0 aliphatic rings. The van der Waals surface area contributed by atoms with E-state index in [1.807, 2.05) is 0 Å². The molecular formula is C8H9ClFNO4S2. The third kappa shape index (κ3) is 3.38. The fourth-order valence-electron chi connectivity index (χ4n) is 1.12. The maximum atomic E-state index is 13.5. The van der Waals surface area contributed by atoms with Crippen LogP contribution in [0, 0.1) is 5.82 Å². The minimum Gasteiger partial charge on any atom is -0.211 e. The van der Waals surface area contributed by atoms with E-state index in [2.05, 4.69) is 4.72 Å². The first-order valence-electron chi connectivity index (χ1n) is 4.42. The third-order valence-corrected chi connectivity index (χ3v) is 4.74. The van der Waals surface area contributed by atoms with E-state index in [0.717, 1.165) is 12.1 Å². The molecule has 0 saturated heterocycles. The van der Waals surface area contributed by atoms with Gasteiger partial charge in [-0.1, -0.05) is 6.92 Å². The average Bonchev–Trinajstić information content (AvgIpc) is 2.15. The van der Waals surface area contributed by atoms with Crippen LogP contribution >= 0.6 is 10.7 Å². The smallest absolute Gasteiger partial charge is 0.211 e. The minimum absolute atomic E-state index is 0.0946. The highest BCUT2D eigenvalue weighted by atomic mass is 35.7. The lowest BCUT2D eigenvalue weighted by molar-refractivity contribution is 0.555. The quantitative estimate of drug-likeness (QED) is 0.843. The van der Waals surface area contributed by atoms with Crippen LogP contribution in [0.2, 0.25) is 0 Å². The molecule has 96 valence electrons. The first-order valence-corrected chi connectivity index (χ1v) is 8.21. The summed E-state index contributed by atoms with van der Waals surface area (Å²) in [6.07, 6.45) is 0. The predicted octanol–water partition coefficient (Wildman–Crippen LogP) is 1.05. The molecule has 0 spiro atoms. The SMILES string of the molecule is CCNS(=O)(=O)c1ccc(S(=O)(=O)Cl)cc1F. The molecule has 17 heavy (non-hydrogen) atoms. The summed E-state index contributed by atoms with van der Waals surface area (Å²) in [7, 11) is -3.05. The number of benzene rings is 1. The van der Waals surface area contributed by atoms with E-state index in [9.17, 15) is 21.2 Å². The molecule has 1 aromatic carbocycles. The Balaban J connectivity index is 3.34. The predicted molar refractivity (Wildman–Crippen MR) is 60.3 cm³/mol. The van der Waals surface area contributed by atoms with Crippen molar-refractivity contribution < 1.29 is 21.2 Å². The zero-order valence-corrected chi connectivity index (χ0v) is 11.0. The molecule has 0 heterocycles. The van der Waals surface area contributed by atoms with Crippen LogP contribution in [0.3, 0.4) is 0 Å². The van der Waals surface area contributed by atoms with Crippen molar-refractivity contribution in [2.24, 2.45) is 0 Å². The van der Waals surface area contributed by atoms with Crippen LogP contribution in [-0.4, -0.2) is 23.4 Å². The molecule has 1 aromatic rings. The standard InChI is InChI=1S/C8H9ClFNO4S2/c1-2-11-17(14,15)8-4-3-6(5-7(8)10)16(9,12)13/h3-5,11H,2H2,1H3. The second kappa shape index (κ2) is 4.89. The monoisotopic (exact) mass is 301 g/mol. The molecule has 0 unspecified atom stereocenters. The Morgan fingerprint density at radius 1 is 1.29 bits per heavy atom. The second-order valence-electron chi connectivity index (χ2n) is 3.03. The van der Waals surface area contributed by atoms with Crippen molar-refractivity contribution in [3.8, 4) is 0 Å². The van der Waals surface area contributed by atoms with Gasteiger partial charge in [0.2, 0.25) is 10.0 Å². The molecule has 1 N–H and O–H groups in total. The Morgan fingerprint density at radius 2 is 1.88 bits per heavy atom. The van der Waals surface area contributed by atoms with Crippen molar-refractivity contribution in [3.05, 3.63) is 24.0 Å². The highest BCUT2D eigenvalue weighted by Crippen LogP contribution is 2.21. The molecule has 0 atom stereocenters. The van der Waals surface area contributed by atoms with Crippen LogP contribution < -0.4 is 4.72 Å². The van der Waals surface area contributed by atoms with E-state index in [0.29, 0.717) is 6.07 Å². The Hall–Kier alpha value is -0.700. The molecule has 0 bridgehead atoms. The molecule has 0 amide bonds. The number of hydrogen-bond acceptors (Lipinski definition) is 4. The van der Waals surface area contributed by atoms with Gasteiger partial charge in [0.1, 0.15) is 10.7 Å². The lowest BCUT2D eigenvalue weighted by Gasteiger charge is -2.06. The highest BCUT2D eigenvalue weighted by molar-refractivity contribution is 8.13. The van der Waals surface area contributed by atoms with Gasteiger partial charge in [-0.25, -0.2) is 25.9 Å².